The molecule has 1 amide bonds. The number of hydrogen-bond donors (Lipinski definition) is 1. The van der Waals surface area contributed by atoms with Crippen LogP contribution in [0.1, 0.15) is 17.9 Å². The Hall–Kier alpha value is -2.44. The first-order valence-corrected chi connectivity index (χ1v) is 9.13. The number of hydrogen-bond acceptors (Lipinski definition) is 5. The van der Waals surface area contributed by atoms with Gasteiger partial charge in [0.15, 0.2) is 5.13 Å². The Morgan fingerprint density at radius 2 is 2.20 bits per heavy atom. The van der Waals surface area contributed by atoms with Crippen molar-refractivity contribution < 1.29 is 9.21 Å². The third-order valence-corrected chi connectivity index (χ3v) is 5.21. The fourth-order valence-corrected chi connectivity index (χ4v) is 3.86. The van der Waals surface area contributed by atoms with Crippen LogP contribution in [-0.2, 0) is 4.79 Å². The van der Waals surface area contributed by atoms with Gasteiger partial charge in [-0.2, -0.15) is 0 Å². The van der Waals surface area contributed by atoms with E-state index >= 15 is 0 Å². The SMILES string of the molecule is Cc1ccc(C2=CCN(CC(=O)Nc3nc4ccccc4s3)CC2)o1. The van der Waals surface area contributed by atoms with E-state index in [1.54, 1.807) is 0 Å². The summed E-state index contributed by atoms with van der Waals surface area (Å²) in [6.07, 6.45) is 3.04. The topological polar surface area (TPSA) is 58.4 Å². The molecule has 0 radical (unpaired) electrons. The summed E-state index contributed by atoms with van der Waals surface area (Å²) in [6, 6.07) is 11.9. The lowest BCUT2D eigenvalue weighted by molar-refractivity contribution is -0.117. The molecule has 128 valence electrons. The van der Waals surface area contributed by atoms with E-state index < -0.39 is 0 Å². The largest absolute Gasteiger partial charge is 0.462 e. The van der Waals surface area contributed by atoms with Crippen molar-refractivity contribution in [1.29, 1.82) is 0 Å². The highest BCUT2D eigenvalue weighted by Gasteiger charge is 2.18. The number of nitrogens with one attached hydrogen (secondary N) is 1. The van der Waals surface area contributed by atoms with E-state index in [9.17, 15) is 4.79 Å². The molecule has 0 spiro atoms. The molecule has 1 aliphatic rings. The zero-order chi connectivity index (χ0) is 17.2. The van der Waals surface area contributed by atoms with Crippen LogP contribution in [0.3, 0.4) is 0 Å². The molecular formula is C19H19N3O2S. The van der Waals surface area contributed by atoms with Crippen molar-refractivity contribution in [3.63, 3.8) is 0 Å². The van der Waals surface area contributed by atoms with Crippen molar-refractivity contribution >= 4 is 38.2 Å². The van der Waals surface area contributed by atoms with Crippen LogP contribution in [0.15, 0.2) is 46.9 Å². The summed E-state index contributed by atoms with van der Waals surface area (Å²) in [5, 5.41) is 3.57. The lowest BCUT2D eigenvalue weighted by atomic mass is 10.1. The lowest BCUT2D eigenvalue weighted by Crippen LogP contribution is -2.36. The standard InChI is InChI=1S/C19H19N3O2S/c1-13-6-7-16(24-13)14-8-10-22(11-9-14)12-18(23)21-19-20-15-4-2-3-5-17(15)25-19/h2-8H,9-12H2,1H3,(H,20,21,23). The van der Waals surface area contributed by atoms with Crippen LogP contribution in [0.2, 0.25) is 0 Å². The molecule has 1 aromatic carbocycles. The number of thiazole rings is 1. The predicted octanol–water partition coefficient (Wildman–Crippen LogP) is 3.93. The van der Waals surface area contributed by atoms with Crippen LogP contribution in [0, 0.1) is 6.92 Å². The van der Waals surface area contributed by atoms with Crippen molar-refractivity contribution in [2.45, 2.75) is 13.3 Å². The number of aromatic nitrogens is 1. The summed E-state index contributed by atoms with van der Waals surface area (Å²) in [7, 11) is 0. The molecule has 0 saturated carbocycles. The normalized spacial score (nSPS) is 15.3. The van der Waals surface area contributed by atoms with Crippen LogP contribution in [0.25, 0.3) is 15.8 Å². The Labute approximate surface area is 150 Å². The van der Waals surface area contributed by atoms with E-state index in [-0.39, 0.29) is 5.91 Å². The Kier molecular flexibility index (Phi) is 4.38. The van der Waals surface area contributed by atoms with Crippen LogP contribution in [0.5, 0.6) is 0 Å². The molecule has 0 saturated heterocycles. The van der Waals surface area contributed by atoms with E-state index in [0.29, 0.717) is 11.7 Å². The number of amides is 1. The average molecular weight is 353 g/mol. The van der Waals surface area contributed by atoms with Gasteiger partial charge in [-0.1, -0.05) is 29.5 Å². The van der Waals surface area contributed by atoms with Gasteiger partial charge in [-0.05, 0) is 43.2 Å². The molecule has 2 aromatic heterocycles. The zero-order valence-corrected chi connectivity index (χ0v) is 14.8. The van der Waals surface area contributed by atoms with Crippen molar-refractivity contribution in [3.8, 4) is 0 Å². The molecule has 6 heteroatoms. The number of fused-ring (bicyclic) bond motifs is 1. The molecule has 3 heterocycles. The number of para-hydroxylation sites is 1. The van der Waals surface area contributed by atoms with Crippen LogP contribution in [0.4, 0.5) is 5.13 Å². The maximum absolute atomic E-state index is 12.3. The minimum atomic E-state index is -0.0234. The summed E-state index contributed by atoms with van der Waals surface area (Å²) in [5.41, 5.74) is 2.14. The number of benzene rings is 1. The first kappa shape index (κ1) is 16.1. The average Bonchev–Trinajstić information content (AvgIpc) is 3.21. The third-order valence-electron chi connectivity index (χ3n) is 4.26. The van der Waals surface area contributed by atoms with Crippen molar-refractivity contribution in [2.75, 3.05) is 25.0 Å². The maximum Gasteiger partial charge on any atom is 0.240 e. The van der Waals surface area contributed by atoms with E-state index in [4.69, 9.17) is 4.42 Å². The molecule has 3 aromatic rings. The molecule has 0 bridgehead atoms. The fraction of sp³-hybridized carbons (Fsp3) is 0.263. The minimum absolute atomic E-state index is 0.0234. The van der Waals surface area contributed by atoms with Gasteiger partial charge in [0.1, 0.15) is 11.5 Å². The second kappa shape index (κ2) is 6.82. The van der Waals surface area contributed by atoms with Crippen LogP contribution >= 0.6 is 11.3 Å². The lowest BCUT2D eigenvalue weighted by Gasteiger charge is -2.24. The quantitative estimate of drug-likeness (QED) is 0.772. The molecule has 1 N–H and O–H groups in total. The number of carbonyl (C=O) groups excluding carboxylic acids is 1. The van der Waals surface area contributed by atoms with E-state index in [1.165, 1.54) is 16.9 Å². The molecule has 4 rings (SSSR count). The molecule has 5 nitrogen and oxygen atoms in total. The first-order chi connectivity index (χ1) is 12.2. The predicted molar refractivity (Wildman–Crippen MR) is 101 cm³/mol. The van der Waals surface area contributed by atoms with E-state index in [0.717, 1.165) is 41.2 Å². The highest BCUT2D eigenvalue weighted by molar-refractivity contribution is 7.22. The van der Waals surface area contributed by atoms with Gasteiger partial charge in [-0.25, -0.2) is 4.98 Å². The minimum Gasteiger partial charge on any atom is -0.462 e. The zero-order valence-electron chi connectivity index (χ0n) is 14.0. The summed E-state index contributed by atoms with van der Waals surface area (Å²) in [5.74, 6) is 1.84. The molecule has 0 unspecified atom stereocenters. The van der Waals surface area contributed by atoms with Gasteiger partial charge in [-0.15, -0.1) is 0 Å². The van der Waals surface area contributed by atoms with Crippen LogP contribution in [-0.4, -0.2) is 35.4 Å². The number of rotatable bonds is 4. The second-order valence-electron chi connectivity index (χ2n) is 6.16. The number of nitrogens with zero attached hydrogens (tertiary/aromatic N) is 2. The molecule has 25 heavy (non-hydrogen) atoms. The molecule has 0 atom stereocenters. The number of anilines is 1. The van der Waals surface area contributed by atoms with Gasteiger partial charge < -0.3 is 9.73 Å². The smallest absolute Gasteiger partial charge is 0.240 e. The monoisotopic (exact) mass is 353 g/mol. The Balaban J connectivity index is 1.35. The van der Waals surface area contributed by atoms with E-state index in [1.807, 2.05) is 43.3 Å². The summed E-state index contributed by atoms with van der Waals surface area (Å²) in [4.78, 5) is 18.9. The van der Waals surface area contributed by atoms with Gasteiger partial charge in [0, 0.05) is 13.1 Å². The highest BCUT2D eigenvalue weighted by atomic mass is 32.1. The van der Waals surface area contributed by atoms with Gasteiger partial charge in [-0.3, -0.25) is 9.69 Å². The Morgan fingerprint density at radius 3 is 2.92 bits per heavy atom. The van der Waals surface area contributed by atoms with Crippen molar-refractivity contribution in [3.05, 3.63) is 54.0 Å². The first-order valence-electron chi connectivity index (χ1n) is 8.31. The number of aryl methyl sites for hydroxylation is 1. The Bertz CT molecular complexity index is 908. The van der Waals surface area contributed by atoms with Gasteiger partial charge >= 0.3 is 0 Å². The maximum atomic E-state index is 12.3. The fourth-order valence-electron chi connectivity index (χ4n) is 2.97. The molecule has 0 aliphatic carbocycles. The van der Waals surface area contributed by atoms with Crippen molar-refractivity contribution in [1.82, 2.24) is 9.88 Å². The summed E-state index contributed by atoms with van der Waals surface area (Å²) in [6.45, 7) is 3.92. The van der Waals surface area contributed by atoms with E-state index in [2.05, 4.69) is 21.3 Å². The molecule has 0 fully saturated rings. The van der Waals surface area contributed by atoms with Gasteiger partial charge in [0.2, 0.25) is 5.91 Å². The number of furan rings is 1. The summed E-state index contributed by atoms with van der Waals surface area (Å²) < 4.78 is 6.75. The second-order valence-corrected chi connectivity index (χ2v) is 7.19. The van der Waals surface area contributed by atoms with Crippen molar-refractivity contribution in [2.24, 2.45) is 0 Å². The van der Waals surface area contributed by atoms with Gasteiger partial charge in [0.05, 0.1) is 16.8 Å². The molecule has 1 aliphatic heterocycles. The highest BCUT2D eigenvalue weighted by Crippen LogP contribution is 2.26. The molecular weight excluding hydrogens is 334 g/mol. The van der Waals surface area contributed by atoms with Crippen LogP contribution < -0.4 is 5.32 Å². The Morgan fingerprint density at radius 1 is 1.32 bits per heavy atom. The number of carbonyl (C=O) groups is 1. The third kappa shape index (κ3) is 3.65. The van der Waals surface area contributed by atoms with Gasteiger partial charge in [0.25, 0.3) is 0 Å². The summed E-state index contributed by atoms with van der Waals surface area (Å²) >= 11 is 1.50.